The van der Waals surface area contributed by atoms with Crippen LogP contribution in [0.2, 0.25) is 0 Å². The summed E-state index contributed by atoms with van der Waals surface area (Å²) in [6.45, 7) is 11.8. The Morgan fingerprint density at radius 3 is 1.17 bits per heavy atom. The summed E-state index contributed by atoms with van der Waals surface area (Å²) >= 11 is 0. The summed E-state index contributed by atoms with van der Waals surface area (Å²) in [4.78, 5) is 0. The highest BCUT2D eigenvalue weighted by molar-refractivity contribution is 7.21. The lowest BCUT2D eigenvalue weighted by molar-refractivity contribution is 1.46. The first kappa shape index (κ1) is 37.1. The third-order valence-corrected chi connectivity index (χ3v) is 21.3. The SMILES string of the molecule is Cc1ccc2c(c1)-c1cc(C)cc3c1B2c1cc2c([Si](c4ccccc4)(c4ccccc4)c4ccccc4)cc4c5c(cc6c(C)cc-3c1c6c25)B1c2ccc(C)cc2-c2cc(C)cc-4c21. The van der Waals surface area contributed by atoms with E-state index in [1.807, 2.05) is 0 Å². The molecule has 11 aromatic carbocycles. The van der Waals surface area contributed by atoms with Gasteiger partial charge in [-0.05, 0) is 149 Å². The standard InChI is InChI=1S/C63H44B2Si/c1-35-21-23-53-45(26-35)49-28-38(4)30-51-47-34-57(66(40-15-9-6-10-16-40,41-17-11-7-12-18-41)42-19-13-8-14-20-42)52-33-56-58-46(31-39(5)43-32-55(64(53)63(49)51)59(47)61(52)60(43)58)50-29-37(3)27-48-44-25-36(2)22-24-54(44)65(56)62(48)50/h6-34H,1-5H3. The Kier molecular flexibility index (Phi) is 7.18. The molecule has 66 heavy (non-hydrogen) atoms. The zero-order valence-electron chi connectivity index (χ0n) is 37.9. The van der Waals surface area contributed by atoms with Crippen molar-refractivity contribution in [1.29, 1.82) is 0 Å². The van der Waals surface area contributed by atoms with Crippen LogP contribution in [0.25, 0.3) is 76.8 Å². The zero-order chi connectivity index (χ0) is 43.9. The molecule has 0 atom stereocenters. The van der Waals surface area contributed by atoms with E-state index >= 15 is 0 Å². The number of rotatable bonds is 4. The number of fused-ring (bicyclic) bond motifs is 10. The summed E-state index contributed by atoms with van der Waals surface area (Å²) in [7, 11) is -3.08. The van der Waals surface area contributed by atoms with Crippen LogP contribution in [-0.4, -0.2) is 21.5 Å². The van der Waals surface area contributed by atoms with E-state index in [1.54, 1.807) is 0 Å². The van der Waals surface area contributed by atoms with E-state index in [0.29, 0.717) is 0 Å². The molecule has 11 aromatic rings. The molecule has 4 aliphatic rings. The molecule has 0 bridgehead atoms. The van der Waals surface area contributed by atoms with Crippen molar-refractivity contribution >= 4 is 107 Å². The van der Waals surface area contributed by atoms with E-state index in [1.165, 1.54) is 158 Å². The fourth-order valence-electron chi connectivity index (χ4n) is 14.0. The lowest BCUT2D eigenvalue weighted by atomic mass is 9.34. The van der Waals surface area contributed by atoms with Gasteiger partial charge in [0, 0.05) is 0 Å². The molecule has 4 heterocycles. The van der Waals surface area contributed by atoms with Gasteiger partial charge in [-0.1, -0.05) is 220 Å². The number of hydrogen-bond acceptors (Lipinski definition) is 0. The minimum Gasteiger partial charge on any atom is -0.0661 e. The van der Waals surface area contributed by atoms with Crippen LogP contribution in [0.3, 0.4) is 0 Å². The number of hydrogen-bond donors (Lipinski definition) is 0. The van der Waals surface area contributed by atoms with Crippen LogP contribution in [0, 0.1) is 34.6 Å². The highest BCUT2D eigenvalue weighted by Gasteiger charge is 2.48. The first-order chi connectivity index (χ1) is 32.3. The van der Waals surface area contributed by atoms with Crippen molar-refractivity contribution in [2.75, 3.05) is 0 Å². The summed E-state index contributed by atoms with van der Waals surface area (Å²) in [5.74, 6) is 0. The third kappa shape index (κ3) is 4.48. The predicted molar refractivity (Wildman–Crippen MR) is 289 cm³/mol. The van der Waals surface area contributed by atoms with Gasteiger partial charge >= 0.3 is 0 Å². The molecule has 0 spiro atoms. The molecule has 0 N–H and O–H groups in total. The second-order valence-electron chi connectivity index (χ2n) is 20.2. The summed E-state index contributed by atoms with van der Waals surface area (Å²) in [5.41, 5.74) is 26.6. The Labute approximate surface area is 388 Å². The van der Waals surface area contributed by atoms with Gasteiger partial charge in [0.15, 0.2) is 8.07 Å². The quantitative estimate of drug-likeness (QED) is 0.0949. The second-order valence-corrected chi connectivity index (χ2v) is 24.0. The van der Waals surface area contributed by atoms with Crippen molar-refractivity contribution in [3.8, 4) is 44.5 Å². The van der Waals surface area contributed by atoms with Crippen molar-refractivity contribution in [2.45, 2.75) is 34.6 Å². The largest absolute Gasteiger partial charge is 0.244 e. The maximum absolute atomic E-state index is 3.08. The van der Waals surface area contributed by atoms with Gasteiger partial charge in [-0.2, -0.15) is 0 Å². The molecule has 0 radical (unpaired) electrons. The van der Waals surface area contributed by atoms with Crippen molar-refractivity contribution in [1.82, 2.24) is 0 Å². The molecule has 0 amide bonds. The van der Waals surface area contributed by atoms with E-state index in [9.17, 15) is 0 Å². The molecule has 0 nitrogen and oxygen atoms in total. The number of aryl methyl sites for hydroxylation is 5. The van der Waals surface area contributed by atoms with Crippen LogP contribution in [0.4, 0.5) is 0 Å². The minimum atomic E-state index is -3.08. The van der Waals surface area contributed by atoms with Crippen LogP contribution in [0.5, 0.6) is 0 Å². The summed E-state index contributed by atoms with van der Waals surface area (Å²) < 4.78 is 0. The van der Waals surface area contributed by atoms with Crippen molar-refractivity contribution in [3.63, 3.8) is 0 Å². The lowest BCUT2D eigenvalue weighted by Gasteiger charge is -2.38. The predicted octanol–water partition coefficient (Wildman–Crippen LogP) is 8.46. The van der Waals surface area contributed by atoms with Crippen LogP contribution < -0.4 is 53.5 Å². The monoisotopic (exact) mass is 850 g/mol. The van der Waals surface area contributed by atoms with Gasteiger partial charge in [-0.15, -0.1) is 0 Å². The average molecular weight is 851 g/mol. The molecule has 0 aliphatic carbocycles. The Bertz CT molecular complexity index is 3880. The fraction of sp³-hybridized carbons (Fsp3) is 0.0794. The van der Waals surface area contributed by atoms with Gasteiger partial charge in [0.25, 0.3) is 0 Å². The molecular formula is C63H44B2Si. The van der Waals surface area contributed by atoms with E-state index in [4.69, 9.17) is 0 Å². The van der Waals surface area contributed by atoms with Crippen LogP contribution >= 0.6 is 0 Å². The Hall–Kier alpha value is -7.19. The maximum Gasteiger partial charge on any atom is 0.244 e. The van der Waals surface area contributed by atoms with E-state index in [0.717, 1.165) is 0 Å². The topological polar surface area (TPSA) is 0 Å². The van der Waals surface area contributed by atoms with Crippen molar-refractivity contribution < 1.29 is 0 Å². The molecule has 0 unspecified atom stereocenters. The van der Waals surface area contributed by atoms with Crippen LogP contribution in [-0.2, 0) is 0 Å². The smallest absolute Gasteiger partial charge is 0.0661 e. The highest BCUT2D eigenvalue weighted by Crippen LogP contribution is 2.47. The molecule has 0 aromatic heterocycles. The van der Waals surface area contributed by atoms with Gasteiger partial charge in [0.05, 0.1) is 0 Å². The average Bonchev–Trinajstić information content (AvgIpc) is 3.83. The van der Waals surface area contributed by atoms with E-state index < -0.39 is 8.07 Å². The Morgan fingerprint density at radius 1 is 0.303 bits per heavy atom. The van der Waals surface area contributed by atoms with Gasteiger partial charge in [0.2, 0.25) is 13.4 Å². The van der Waals surface area contributed by atoms with Crippen LogP contribution in [0.15, 0.2) is 176 Å². The Morgan fingerprint density at radius 2 is 0.697 bits per heavy atom. The summed E-state index contributed by atoms with van der Waals surface area (Å²) in [5, 5.41) is 14.3. The van der Waals surface area contributed by atoms with E-state index in [2.05, 4.69) is 211 Å². The molecule has 0 fully saturated rings. The number of benzene rings is 11. The van der Waals surface area contributed by atoms with Gasteiger partial charge in [-0.3, -0.25) is 0 Å². The lowest BCUT2D eigenvalue weighted by Crippen LogP contribution is -2.75. The molecular weight excluding hydrogens is 806 g/mol. The highest BCUT2D eigenvalue weighted by atomic mass is 28.3. The van der Waals surface area contributed by atoms with Crippen molar-refractivity contribution in [2.24, 2.45) is 0 Å². The molecule has 15 rings (SSSR count). The maximum atomic E-state index is 2.74. The zero-order valence-corrected chi connectivity index (χ0v) is 38.9. The molecule has 4 aliphatic heterocycles. The fourth-order valence-corrected chi connectivity index (χ4v) is 19.0. The molecule has 306 valence electrons. The Balaban J connectivity index is 1.22. The molecule has 3 heteroatoms. The van der Waals surface area contributed by atoms with E-state index in [-0.39, 0.29) is 13.4 Å². The normalized spacial score (nSPS) is 13.5. The molecule has 0 saturated heterocycles. The second kappa shape index (κ2) is 12.8. The van der Waals surface area contributed by atoms with Crippen molar-refractivity contribution in [3.05, 3.63) is 204 Å². The van der Waals surface area contributed by atoms with Crippen LogP contribution in [0.1, 0.15) is 27.8 Å². The van der Waals surface area contributed by atoms with Gasteiger partial charge < -0.3 is 0 Å². The summed E-state index contributed by atoms with van der Waals surface area (Å²) in [6, 6.07) is 70.0. The first-order valence-corrected chi connectivity index (χ1v) is 25.8. The molecule has 0 saturated carbocycles. The summed E-state index contributed by atoms with van der Waals surface area (Å²) in [6.07, 6.45) is 0. The van der Waals surface area contributed by atoms with Gasteiger partial charge in [-0.25, -0.2) is 0 Å². The first-order valence-electron chi connectivity index (χ1n) is 23.8. The van der Waals surface area contributed by atoms with Gasteiger partial charge in [0.1, 0.15) is 0 Å². The third-order valence-electron chi connectivity index (χ3n) is 16.4. The minimum absolute atomic E-state index is 0.144.